The number of nitrogens with one attached hydrogen (secondary N) is 2. The molecule has 2 N–H and O–H groups in total. The van der Waals surface area contributed by atoms with Gasteiger partial charge in [-0.25, -0.2) is 0 Å². The van der Waals surface area contributed by atoms with E-state index in [-0.39, 0.29) is 18.5 Å². The van der Waals surface area contributed by atoms with Gasteiger partial charge in [0.15, 0.2) is 0 Å². The Morgan fingerprint density at radius 3 is 1.85 bits per heavy atom. The maximum atomic E-state index is 12.4. The Kier molecular flexibility index (Phi) is 6.18. The highest BCUT2D eigenvalue weighted by Crippen LogP contribution is 2.21. The number of rotatable bonds is 7. The minimum Gasteiger partial charge on any atom is -0.325 e. The molecule has 0 bridgehead atoms. The topological polar surface area (TPSA) is 41.1 Å². The molecule has 3 heteroatoms. The van der Waals surface area contributed by atoms with Crippen LogP contribution in [0.3, 0.4) is 0 Å². The van der Waals surface area contributed by atoms with Gasteiger partial charge in [0.25, 0.3) is 0 Å². The minimum atomic E-state index is -0.0499. The van der Waals surface area contributed by atoms with E-state index in [0.29, 0.717) is 0 Å². The molecule has 3 aromatic rings. The average Bonchev–Trinajstić information content (AvgIpc) is 2.70. The first-order valence-electron chi connectivity index (χ1n) is 8.98. The molecule has 0 spiro atoms. The SMILES string of the molecule is CCc1ccc(NC(=O)CNC(c2ccccc2)c2ccccc2)cc1. The Morgan fingerprint density at radius 1 is 0.808 bits per heavy atom. The number of aryl methyl sites for hydroxylation is 1. The first kappa shape index (κ1) is 17.9. The van der Waals surface area contributed by atoms with Crippen molar-refractivity contribution in [2.24, 2.45) is 0 Å². The molecule has 3 nitrogen and oxygen atoms in total. The predicted molar refractivity (Wildman–Crippen MR) is 107 cm³/mol. The van der Waals surface area contributed by atoms with E-state index in [4.69, 9.17) is 0 Å². The summed E-state index contributed by atoms with van der Waals surface area (Å²) in [4.78, 5) is 12.4. The number of hydrogen-bond donors (Lipinski definition) is 2. The minimum absolute atomic E-state index is 0.0226. The van der Waals surface area contributed by atoms with Crippen LogP contribution in [0.25, 0.3) is 0 Å². The highest BCUT2D eigenvalue weighted by molar-refractivity contribution is 5.92. The number of carbonyl (C=O) groups is 1. The van der Waals surface area contributed by atoms with E-state index in [1.54, 1.807) is 0 Å². The Morgan fingerprint density at radius 2 is 1.35 bits per heavy atom. The van der Waals surface area contributed by atoms with Gasteiger partial charge in [-0.3, -0.25) is 10.1 Å². The number of carbonyl (C=O) groups excluding carboxylic acids is 1. The third-order valence-electron chi connectivity index (χ3n) is 4.38. The number of benzene rings is 3. The summed E-state index contributed by atoms with van der Waals surface area (Å²) < 4.78 is 0. The maximum Gasteiger partial charge on any atom is 0.238 e. The molecule has 0 fully saturated rings. The fourth-order valence-corrected chi connectivity index (χ4v) is 2.94. The van der Waals surface area contributed by atoms with E-state index < -0.39 is 0 Å². The third kappa shape index (κ3) is 4.80. The Balaban J connectivity index is 1.66. The maximum absolute atomic E-state index is 12.4. The van der Waals surface area contributed by atoms with E-state index in [1.807, 2.05) is 60.7 Å². The molecule has 0 heterocycles. The predicted octanol–water partition coefficient (Wildman–Crippen LogP) is 4.57. The second kappa shape index (κ2) is 8.97. The molecule has 0 saturated carbocycles. The summed E-state index contributed by atoms with van der Waals surface area (Å²) in [6.07, 6.45) is 0.992. The molecule has 0 atom stereocenters. The molecule has 0 saturated heterocycles. The van der Waals surface area contributed by atoms with Crippen molar-refractivity contribution in [3.63, 3.8) is 0 Å². The molecule has 0 aromatic heterocycles. The van der Waals surface area contributed by atoms with Crippen molar-refractivity contribution >= 4 is 11.6 Å². The molecule has 3 aromatic carbocycles. The van der Waals surface area contributed by atoms with Gasteiger partial charge in [0, 0.05) is 5.69 Å². The van der Waals surface area contributed by atoms with Crippen LogP contribution in [-0.2, 0) is 11.2 Å². The zero-order chi connectivity index (χ0) is 18.2. The van der Waals surface area contributed by atoms with Gasteiger partial charge in [-0.15, -0.1) is 0 Å². The van der Waals surface area contributed by atoms with Crippen LogP contribution in [0.1, 0.15) is 29.7 Å². The molecule has 0 radical (unpaired) electrons. The highest BCUT2D eigenvalue weighted by atomic mass is 16.1. The van der Waals surface area contributed by atoms with E-state index in [0.717, 1.165) is 23.2 Å². The summed E-state index contributed by atoms with van der Waals surface area (Å²) in [6, 6.07) is 28.3. The standard InChI is InChI=1S/C23H24N2O/c1-2-18-13-15-21(16-14-18)25-22(26)17-24-23(19-9-5-3-6-10-19)20-11-7-4-8-12-20/h3-16,23-24H,2,17H2,1H3,(H,25,26). The lowest BCUT2D eigenvalue weighted by Crippen LogP contribution is -2.31. The summed E-state index contributed by atoms with van der Waals surface area (Å²) in [6.45, 7) is 2.36. The van der Waals surface area contributed by atoms with E-state index in [9.17, 15) is 4.79 Å². The van der Waals surface area contributed by atoms with E-state index in [1.165, 1.54) is 5.56 Å². The van der Waals surface area contributed by atoms with Crippen molar-refractivity contribution < 1.29 is 4.79 Å². The van der Waals surface area contributed by atoms with E-state index in [2.05, 4.69) is 41.8 Å². The Labute approximate surface area is 155 Å². The smallest absolute Gasteiger partial charge is 0.238 e. The fraction of sp³-hybridized carbons (Fsp3) is 0.174. The van der Waals surface area contributed by atoms with Crippen LogP contribution in [0, 0.1) is 0 Å². The zero-order valence-corrected chi connectivity index (χ0v) is 15.0. The van der Waals surface area contributed by atoms with Crippen molar-refractivity contribution in [2.45, 2.75) is 19.4 Å². The summed E-state index contributed by atoms with van der Waals surface area (Å²) in [5.74, 6) is -0.0499. The first-order valence-corrected chi connectivity index (χ1v) is 8.98. The number of anilines is 1. The molecule has 26 heavy (non-hydrogen) atoms. The molecular weight excluding hydrogens is 320 g/mol. The van der Waals surface area contributed by atoms with Gasteiger partial charge >= 0.3 is 0 Å². The average molecular weight is 344 g/mol. The molecule has 0 aliphatic heterocycles. The van der Waals surface area contributed by atoms with Gasteiger partial charge in [0.1, 0.15) is 0 Å². The summed E-state index contributed by atoms with van der Waals surface area (Å²) >= 11 is 0. The quantitative estimate of drug-likeness (QED) is 0.659. The molecule has 0 aliphatic carbocycles. The molecule has 0 unspecified atom stereocenters. The second-order valence-corrected chi connectivity index (χ2v) is 6.23. The highest BCUT2D eigenvalue weighted by Gasteiger charge is 2.14. The van der Waals surface area contributed by atoms with Crippen LogP contribution < -0.4 is 10.6 Å². The van der Waals surface area contributed by atoms with Gasteiger partial charge in [0.2, 0.25) is 5.91 Å². The van der Waals surface area contributed by atoms with Crippen LogP contribution >= 0.6 is 0 Å². The third-order valence-corrected chi connectivity index (χ3v) is 4.38. The molecule has 132 valence electrons. The summed E-state index contributed by atoms with van der Waals surface area (Å²) in [5, 5.41) is 6.33. The lowest BCUT2D eigenvalue weighted by molar-refractivity contribution is -0.115. The van der Waals surface area contributed by atoms with Gasteiger partial charge in [-0.2, -0.15) is 0 Å². The largest absolute Gasteiger partial charge is 0.325 e. The fourth-order valence-electron chi connectivity index (χ4n) is 2.94. The number of amides is 1. The van der Waals surface area contributed by atoms with Crippen molar-refractivity contribution in [3.05, 3.63) is 102 Å². The van der Waals surface area contributed by atoms with Gasteiger partial charge in [-0.05, 0) is 35.2 Å². The molecule has 3 rings (SSSR count). The van der Waals surface area contributed by atoms with Crippen LogP contribution in [0.5, 0.6) is 0 Å². The summed E-state index contributed by atoms with van der Waals surface area (Å²) in [7, 11) is 0. The lowest BCUT2D eigenvalue weighted by atomic mass is 9.99. The lowest BCUT2D eigenvalue weighted by Gasteiger charge is -2.19. The second-order valence-electron chi connectivity index (χ2n) is 6.23. The van der Waals surface area contributed by atoms with Gasteiger partial charge in [-0.1, -0.05) is 79.7 Å². The van der Waals surface area contributed by atoms with Crippen LogP contribution in [0.2, 0.25) is 0 Å². The molecule has 1 amide bonds. The summed E-state index contributed by atoms with van der Waals surface area (Å²) in [5.41, 5.74) is 4.36. The van der Waals surface area contributed by atoms with Gasteiger partial charge in [0.05, 0.1) is 12.6 Å². The molecular formula is C23H24N2O. The van der Waals surface area contributed by atoms with Crippen molar-refractivity contribution in [1.82, 2.24) is 5.32 Å². The van der Waals surface area contributed by atoms with Crippen molar-refractivity contribution in [3.8, 4) is 0 Å². The molecule has 0 aliphatic rings. The number of hydrogen-bond acceptors (Lipinski definition) is 2. The van der Waals surface area contributed by atoms with Gasteiger partial charge < -0.3 is 5.32 Å². The van der Waals surface area contributed by atoms with Crippen molar-refractivity contribution in [2.75, 3.05) is 11.9 Å². The van der Waals surface area contributed by atoms with E-state index >= 15 is 0 Å². The van der Waals surface area contributed by atoms with Crippen LogP contribution in [-0.4, -0.2) is 12.5 Å². The van der Waals surface area contributed by atoms with Crippen LogP contribution in [0.4, 0.5) is 5.69 Å². The Bertz CT molecular complexity index is 774. The first-order chi connectivity index (χ1) is 12.8. The monoisotopic (exact) mass is 344 g/mol. The van der Waals surface area contributed by atoms with Crippen LogP contribution in [0.15, 0.2) is 84.9 Å². The zero-order valence-electron chi connectivity index (χ0n) is 15.0. The normalized spacial score (nSPS) is 10.7. The van der Waals surface area contributed by atoms with Crippen molar-refractivity contribution in [1.29, 1.82) is 0 Å². The Hall–Kier alpha value is -2.91.